The van der Waals surface area contributed by atoms with Crippen LogP contribution in [0.2, 0.25) is 0 Å². The molecule has 0 amide bonds. The van der Waals surface area contributed by atoms with Gasteiger partial charge in [-0.25, -0.2) is 4.79 Å². The van der Waals surface area contributed by atoms with Crippen LogP contribution in [0.3, 0.4) is 0 Å². The Bertz CT molecular complexity index is 367. The highest BCUT2D eigenvalue weighted by molar-refractivity contribution is 5.80. The lowest BCUT2D eigenvalue weighted by Crippen LogP contribution is -2.50. The number of carbonyl (C=O) groups is 1. The Labute approximate surface area is 108 Å². The minimum absolute atomic E-state index is 0.492. The van der Waals surface area contributed by atoms with E-state index in [2.05, 4.69) is 5.32 Å². The average Bonchev–Trinajstić information content (AvgIpc) is 2.38. The highest BCUT2D eigenvalue weighted by atomic mass is 16.5. The molecule has 1 aromatic rings. The van der Waals surface area contributed by atoms with Gasteiger partial charge in [0, 0.05) is 13.7 Å². The second-order valence-electron chi connectivity index (χ2n) is 4.25. The highest BCUT2D eigenvalue weighted by Crippen LogP contribution is 2.27. The summed E-state index contributed by atoms with van der Waals surface area (Å²) in [5.41, 5.74) is -0.232. The molecule has 2 N–H and O–H groups in total. The largest absolute Gasteiger partial charge is 0.480 e. The van der Waals surface area contributed by atoms with Gasteiger partial charge in [-0.1, -0.05) is 43.7 Å². The maximum atomic E-state index is 11.7. The van der Waals surface area contributed by atoms with Gasteiger partial charge >= 0.3 is 5.97 Å². The summed E-state index contributed by atoms with van der Waals surface area (Å²) < 4.78 is 4.98. The van der Waals surface area contributed by atoms with Crippen molar-refractivity contribution >= 4 is 5.97 Å². The zero-order chi connectivity index (χ0) is 13.4. The summed E-state index contributed by atoms with van der Waals surface area (Å²) in [6, 6.07) is 9.31. The van der Waals surface area contributed by atoms with Crippen LogP contribution in [0.25, 0.3) is 0 Å². The SMILES string of the molecule is CCCC(NCCOC)(C(=O)O)c1ccccc1. The highest BCUT2D eigenvalue weighted by Gasteiger charge is 2.38. The molecule has 0 bridgehead atoms. The predicted molar refractivity (Wildman–Crippen MR) is 70.5 cm³/mol. The second-order valence-corrected chi connectivity index (χ2v) is 4.25. The van der Waals surface area contributed by atoms with Crippen molar-refractivity contribution in [1.29, 1.82) is 0 Å². The molecule has 1 unspecified atom stereocenters. The van der Waals surface area contributed by atoms with E-state index in [0.29, 0.717) is 19.6 Å². The monoisotopic (exact) mass is 251 g/mol. The van der Waals surface area contributed by atoms with Crippen molar-refractivity contribution in [3.05, 3.63) is 35.9 Å². The number of aliphatic carboxylic acids is 1. The van der Waals surface area contributed by atoms with Gasteiger partial charge in [-0.05, 0) is 12.0 Å². The molecule has 0 spiro atoms. The van der Waals surface area contributed by atoms with Crippen molar-refractivity contribution in [2.45, 2.75) is 25.3 Å². The molecule has 0 saturated carbocycles. The van der Waals surface area contributed by atoms with E-state index >= 15 is 0 Å². The second kappa shape index (κ2) is 7.13. The van der Waals surface area contributed by atoms with Gasteiger partial charge in [0.1, 0.15) is 5.54 Å². The van der Waals surface area contributed by atoms with Crippen molar-refractivity contribution < 1.29 is 14.6 Å². The van der Waals surface area contributed by atoms with E-state index in [1.165, 1.54) is 0 Å². The quantitative estimate of drug-likeness (QED) is 0.694. The fourth-order valence-corrected chi connectivity index (χ4v) is 2.10. The van der Waals surface area contributed by atoms with Crippen molar-refractivity contribution in [2.24, 2.45) is 0 Å². The van der Waals surface area contributed by atoms with Gasteiger partial charge < -0.3 is 9.84 Å². The Kier molecular flexibility index (Phi) is 5.82. The number of rotatable bonds is 8. The summed E-state index contributed by atoms with van der Waals surface area (Å²) in [6.45, 7) is 2.99. The first-order valence-corrected chi connectivity index (χ1v) is 6.20. The van der Waals surface area contributed by atoms with E-state index in [1.807, 2.05) is 37.3 Å². The molecule has 0 aliphatic carbocycles. The third-order valence-corrected chi connectivity index (χ3v) is 2.99. The average molecular weight is 251 g/mol. The van der Waals surface area contributed by atoms with Crippen LogP contribution in [0.15, 0.2) is 30.3 Å². The molecule has 0 radical (unpaired) electrons. The Morgan fingerprint density at radius 1 is 1.39 bits per heavy atom. The molecule has 18 heavy (non-hydrogen) atoms. The lowest BCUT2D eigenvalue weighted by atomic mass is 9.85. The first-order chi connectivity index (χ1) is 8.67. The third-order valence-electron chi connectivity index (χ3n) is 2.99. The minimum Gasteiger partial charge on any atom is -0.480 e. The molecule has 0 aliphatic rings. The summed E-state index contributed by atoms with van der Waals surface area (Å²) in [6.07, 6.45) is 1.34. The van der Waals surface area contributed by atoms with E-state index in [0.717, 1.165) is 12.0 Å². The van der Waals surface area contributed by atoms with Gasteiger partial charge in [0.25, 0.3) is 0 Å². The molecule has 1 rings (SSSR count). The summed E-state index contributed by atoms with van der Waals surface area (Å²) >= 11 is 0. The molecule has 1 atom stereocenters. The van der Waals surface area contributed by atoms with E-state index in [4.69, 9.17) is 4.74 Å². The zero-order valence-corrected chi connectivity index (χ0v) is 11.0. The number of carboxylic acid groups (broad SMARTS) is 1. The summed E-state index contributed by atoms with van der Waals surface area (Å²) in [4.78, 5) is 11.7. The van der Waals surface area contributed by atoms with Crippen LogP contribution in [-0.4, -0.2) is 31.3 Å². The number of nitrogens with one attached hydrogen (secondary N) is 1. The molecule has 0 heterocycles. The Balaban J connectivity index is 3.01. The first kappa shape index (κ1) is 14.7. The fourth-order valence-electron chi connectivity index (χ4n) is 2.10. The summed E-state index contributed by atoms with van der Waals surface area (Å²) in [5, 5.41) is 12.7. The van der Waals surface area contributed by atoms with E-state index in [1.54, 1.807) is 7.11 Å². The van der Waals surface area contributed by atoms with Crippen LogP contribution in [0, 0.1) is 0 Å². The first-order valence-electron chi connectivity index (χ1n) is 6.20. The maximum Gasteiger partial charge on any atom is 0.328 e. The Morgan fingerprint density at radius 3 is 2.56 bits per heavy atom. The standard InChI is InChI=1S/C14H21NO3/c1-3-9-14(13(16)17,15-10-11-18-2)12-7-5-4-6-8-12/h4-8,15H,3,9-11H2,1-2H3,(H,16,17). The molecular formula is C14H21NO3. The molecule has 100 valence electrons. The number of ether oxygens (including phenoxy) is 1. The number of methoxy groups -OCH3 is 1. The van der Waals surface area contributed by atoms with Gasteiger partial charge in [0.15, 0.2) is 0 Å². The summed E-state index contributed by atoms with van der Waals surface area (Å²) in [5.74, 6) is -0.841. The Hall–Kier alpha value is -1.39. The Morgan fingerprint density at radius 2 is 2.06 bits per heavy atom. The third kappa shape index (κ3) is 3.31. The number of benzene rings is 1. The fraction of sp³-hybridized carbons (Fsp3) is 0.500. The van der Waals surface area contributed by atoms with Gasteiger partial charge in [-0.15, -0.1) is 0 Å². The van der Waals surface area contributed by atoms with E-state index in [-0.39, 0.29) is 0 Å². The lowest BCUT2D eigenvalue weighted by Gasteiger charge is -2.31. The molecule has 4 heteroatoms. The topological polar surface area (TPSA) is 58.6 Å². The summed E-state index contributed by atoms with van der Waals surface area (Å²) in [7, 11) is 1.60. The van der Waals surface area contributed by atoms with Crippen LogP contribution in [-0.2, 0) is 15.1 Å². The molecular weight excluding hydrogens is 230 g/mol. The van der Waals surface area contributed by atoms with Gasteiger partial charge in [0.05, 0.1) is 6.61 Å². The van der Waals surface area contributed by atoms with Crippen LogP contribution < -0.4 is 5.32 Å². The zero-order valence-electron chi connectivity index (χ0n) is 11.0. The van der Waals surface area contributed by atoms with E-state index in [9.17, 15) is 9.90 Å². The molecule has 1 aromatic carbocycles. The van der Waals surface area contributed by atoms with Crippen LogP contribution in [0.5, 0.6) is 0 Å². The van der Waals surface area contributed by atoms with Crippen LogP contribution in [0.1, 0.15) is 25.3 Å². The molecule has 4 nitrogen and oxygen atoms in total. The van der Waals surface area contributed by atoms with Crippen LogP contribution in [0.4, 0.5) is 0 Å². The molecule has 0 aromatic heterocycles. The number of hydrogen-bond donors (Lipinski definition) is 2. The smallest absolute Gasteiger partial charge is 0.328 e. The molecule has 0 fully saturated rings. The van der Waals surface area contributed by atoms with Crippen molar-refractivity contribution in [1.82, 2.24) is 5.32 Å². The maximum absolute atomic E-state index is 11.7. The van der Waals surface area contributed by atoms with Gasteiger partial charge in [-0.3, -0.25) is 5.32 Å². The van der Waals surface area contributed by atoms with Crippen LogP contribution >= 0.6 is 0 Å². The lowest BCUT2D eigenvalue weighted by molar-refractivity contribution is -0.146. The molecule has 0 saturated heterocycles. The van der Waals surface area contributed by atoms with Gasteiger partial charge in [-0.2, -0.15) is 0 Å². The van der Waals surface area contributed by atoms with E-state index < -0.39 is 11.5 Å². The number of carboxylic acids is 1. The van der Waals surface area contributed by atoms with Crippen molar-refractivity contribution in [3.8, 4) is 0 Å². The van der Waals surface area contributed by atoms with Crippen molar-refractivity contribution in [3.63, 3.8) is 0 Å². The molecule has 0 aliphatic heterocycles. The van der Waals surface area contributed by atoms with Crippen molar-refractivity contribution in [2.75, 3.05) is 20.3 Å². The normalized spacial score (nSPS) is 14.1. The van der Waals surface area contributed by atoms with Gasteiger partial charge in [0.2, 0.25) is 0 Å². The number of hydrogen-bond acceptors (Lipinski definition) is 3. The predicted octanol–water partition coefficient (Wildman–Crippen LogP) is 2.00. The minimum atomic E-state index is -1.02.